The van der Waals surface area contributed by atoms with Crippen LogP contribution in [-0.4, -0.2) is 10.5 Å². The molecule has 0 radical (unpaired) electrons. The van der Waals surface area contributed by atoms with E-state index >= 15 is 0 Å². The lowest BCUT2D eigenvalue weighted by atomic mass is 10.2. The Morgan fingerprint density at radius 1 is 1.14 bits per heavy atom. The molecule has 0 unspecified atom stereocenters. The second kappa shape index (κ2) is 6.03. The van der Waals surface area contributed by atoms with Gasteiger partial charge in [0.15, 0.2) is 0 Å². The highest BCUT2D eigenvalue weighted by Gasteiger charge is 2.11. The summed E-state index contributed by atoms with van der Waals surface area (Å²) in [6.07, 6.45) is 0. The van der Waals surface area contributed by atoms with Crippen LogP contribution in [0.2, 0.25) is 10.0 Å². The largest absolute Gasteiger partial charge is 0.335 e. The van der Waals surface area contributed by atoms with Gasteiger partial charge in [-0.1, -0.05) is 41.4 Å². The van der Waals surface area contributed by atoms with Crippen molar-refractivity contribution < 1.29 is 4.79 Å². The van der Waals surface area contributed by atoms with Gasteiger partial charge in [0, 0.05) is 16.2 Å². The maximum Gasteiger partial charge on any atom is 0.244 e. The molecule has 112 valence electrons. The van der Waals surface area contributed by atoms with Gasteiger partial charge in [-0.2, -0.15) is 0 Å². The van der Waals surface area contributed by atoms with Crippen molar-refractivity contribution in [3.63, 3.8) is 0 Å². The van der Waals surface area contributed by atoms with E-state index in [1.54, 1.807) is 18.2 Å². The summed E-state index contributed by atoms with van der Waals surface area (Å²) in [7, 11) is 0. The summed E-state index contributed by atoms with van der Waals surface area (Å²) in [5, 5.41) is 4.92. The van der Waals surface area contributed by atoms with Crippen molar-refractivity contribution in [1.82, 2.24) is 4.57 Å². The number of carbonyl (C=O) groups excluding carboxylic acids is 1. The van der Waals surface area contributed by atoms with E-state index in [0.29, 0.717) is 15.7 Å². The van der Waals surface area contributed by atoms with Crippen LogP contribution in [0.1, 0.15) is 5.69 Å². The van der Waals surface area contributed by atoms with Gasteiger partial charge in [0.05, 0.1) is 10.7 Å². The summed E-state index contributed by atoms with van der Waals surface area (Å²) >= 11 is 12.0. The number of nitrogens with one attached hydrogen (secondary N) is 1. The van der Waals surface area contributed by atoms with Crippen LogP contribution in [0.15, 0.2) is 48.5 Å². The van der Waals surface area contributed by atoms with Gasteiger partial charge < -0.3 is 9.88 Å². The first-order valence-corrected chi connectivity index (χ1v) is 7.60. The summed E-state index contributed by atoms with van der Waals surface area (Å²) in [5.41, 5.74) is 2.59. The number of aryl methyl sites for hydroxylation is 1. The van der Waals surface area contributed by atoms with Crippen LogP contribution < -0.4 is 5.32 Å². The Morgan fingerprint density at radius 2 is 1.91 bits per heavy atom. The van der Waals surface area contributed by atoms with Crippen LogP contribution in [0.4, 0.5) is 5.69 Å². The number of hydrogen-bond acceptors (Lipinski definition) is 1. The van der Waals surface area contributed by atoms with Crippen molar-refractivity contribution >= 4 is 45.7 Å². The van der Waals surface area contributed by atoms with E-state index in [-0.39, 0.29) is 12.5 Å². The third kappa shape index (κ3) is 2.96. The molecular formula is C17H14Cl2N2O. The molecule has 0 aliphatic carbocycles. The number of fused-ring (bicyclic) bond motifs is 1. The van der Waals surface area contributed by atoms with Crippen molar-refractivity contribution in [2.75, 3.05) is 5.32 Å². The molecule has 0 atom stereocenters. The van der Waals surface area contributed by atoms with Crippen molar-refractivity contribution in [1.29, 1.82) is 0 Å². The van der Waals surface area contributed by atoms with Crippen LogP contribution in [0, 0.1) is 6.92 Å². The fourth-order valence-corrected chi connectivity index (χ4v) is 2.82. The van der Waals surface area contributed by atoms with E-state index in [0.717, 1.165) is 16.6 Å². The van der Waals surface area contributed by atoms with Crippen LogP contribution in [0.5, 0.6) is 0 Å². The standard InChI is InChI=1S/C17H14Cl2N2O/c1-11-8-12-4-2-3-5-16(12)21(11)10-17(22)20-15-9-13(18)6-7-14(15)19/h2-9H,10H2,1H3,(H,20,22). The fourth-order valence-electron chi connectivity index (χ4n) is 2.48. The number of hydrogen-bond donors (Lipinski definition) is 1. The van der Waals surface area contributed by atoms with Crippen molar-refractivity contribution in [2.45, 2.75) is 13.5 Å². The molecule has 0 spiro atoms. The monoisotopic (exact) mass is 332 g/mol. The zero-order valence-electron chi connectivity index (χ0n) is 11.9. The molecule has 0 saturated carbocycles. The summed E-state index contributed by atoms with van der Waals surface area (Å²) in [4.78, 5) is 12.3. The number of anilines is 1. The number of benzene rings is 2. The quantitative estimate of drug-likeness (QED) is 0.727. The molecule has 1 amide bonds. The predicted octanol–water partition coefficient (Wildman–Crippen LogP) is 4.90. The highest BCUT2D eigenvalue weighted by atomic mass is 35.5. The molecule has 1 aromatic heterocycles. The minimum atomic E-state index is -0.145. The SMILES string of the molecule is Cc1cc2ccccc2n1CC(=O)Nc1cc(Cl)ccc1Cl. The Balaban J connectivity index is 1.84. The number of aromatic nitrogens is 1. The van der Waals surface area contributed by atoms with Gasteiger partial charge in [-0.25, -0.2) is 0 Å². The molecule has 1 heterocycles. The number of carbonyl (C=O) groups is 1. The molecule has 22 heavy (non-hydrogen) atoms. The average molecular weight is 333 g/mol. The molecule has 0 fully saturated rings. The smallest absolute Gasteiger partial charge is 0.244 e. The van der Waals surface area contributed by atoms with Crippen molar-refractivity contribution in [2.24, 2.45) is 0 Å². The Labute approximate surface area is 138 Å². The maximum absolute atomic E-state index is 12.3. The Hall–Kier alpha value is -1.97. The Bertz CT molecular complexity index is 855. The van der Waals surface area contributed by atoms with Gasteiger partial charge in [0.25, 0.3) is 0 Å². The second-order valence-corrected chi connectivity index (χ2v) is 5.95. The molecule has 3 rings (SSSR count). The fraction of sp³-hybridized carbons (Fsp3) is 0.118. The van der Waals surface area contributed by atoms with Gasteiger partial charge >= 0.3 is 0 Å². The lowest BCUT2D eigenvalue weighted by molar-refractivity contribution is -0.116. The molecule has 3 nitrogen and oxygen atoms in total. The van der Waals surface area contributed by atoms with Crippen molar-refractivity contribution in [3.05, 3.63) is 64.3 Å². The maximum atomic E-state index is 12.3. The topological polar surface area (TPSA) is 34.0 Å². The predicted molar refractivity (Wildman–Crippen MR) is 91.8 cm³/mol. The summed E-state index contributed by atoms with van der Waals surface area (Å²) in [5.74, 6) is -0.145. The van der Waals surface area contributed by atoms with E-state index in [9.17, 15) is 4.79 Å². The third-order valence-electron chi connectivity index (χ3n) is 3.52. The van der Waals surface area contributed by atoms with Crippen LogP contribution in [0.25, 0.3) is 10.9 Å². The number of para-hydroxylation sites is 1. The molecule has 3 aromatic rings. The average Bonchev–Trinajstić information content (AvgIpc) is 2.79. The first-order valence-electron chi connectivity index (χ1n) is 6.84. The minimum absolute atomic E-state index is 0.145. The number of halogens is 2. The summed E-state index contributed by atoms with van der Waals surface area (Å²) < 4.78 is 1.98. The molecule has 0 bridgehead atoms. The van der Waals surface area contributed by atoms with E-state index in [4.69, 9.17) is 23.2 Å². The Kier molecular flexibility index (Phi) is 4.10. The zero-order valence-corrected chi connectivity index (χ0v) is 13.4. The van der Waals surface area contributed by atoms with Crippen LogP contribution in [-0.2, 0) is 11.3 Å². The van der Waals surface area contributed by atoms with E-state index in [1.807, 2.05) is 35.8 Å². The van der Waals surface area contributed by atoms with E-state index in [1.165, 1.54) is 0 Å². The van der Waals surface area contributed by atoms with Crippen LogP contribution >= 0.6 is 23.2 Å². The third-order valence-corrected chi connectivity index (χ3v) is 4.09. The molecule has 1 N–H and O–H groups in total. The highest BCUT2D eigenvalue weighted by molar-refractivity contribution is 6.35. The van der Waals surface area contributed by atoms with Crippen molar-refractivity contribution in [3.8, 4) is 0 Å². The molecule has 0 aliphatic rings. The lowest BCUT2D eigenvalue weighted by Gasteiger charge is -2.10. The molecular weight excluding hydrogens is 319 g/mol. The van der Waals surface area contributed by atoms with Gasteiger partial charge in [-0.15, -0.1) is 0 Å². The summed E-state index contributed by atoms with van der Waals surface area (Å²) in [6.45, 7) is 2.21. The molecule has 2 aromatic carbocycles. The zero-order chi connectivity index (χ0) is 15.7. The van der Waals surface area contributed by atoms with Gasteiger partial charge in [-0.3, -0.25) is 4.79 Å². The van der Waals surface area contributed by atoms with E-state index in [2.05, 4.69) is 11.4 Å². The first-order chi connectivity index (χ1) is 10.5. The second-order valence-electron chi connectivity index (χ2n) is 5.10. The number of rotatable bonds is 3. The molecule has 0 aliphatic heterocycles. The lowest BCUT2D eigenvalue weighted by Crippen LogP contribution is -2.19. The minimum Gasteiger partial charge on any atom is -0.335 e. The Morgan fingerprint density at radius 3 is 2.73 bits per heavy atom. The normalized spacial score (nSPS) is 10.9. The first kappa shape index (κ1) is 14.9. The van der Waals surface area contributed by atoms with Gasteiger partial charge in [-0.05, 0) is 42.6 Å². The summed E-state index contributed by atoms with van der Waals surface area (Å²) in [6, 6.07) is 15.0. The van der Waals surface area contributed by atoms with Crippen LogP contribution in [0.3, 0.4) is 0 Å². The molecule has 0 saturated heterocycles. The number of nitrogens with zero attached hydrogens (tertiary/aromatic N) is 1. The molecule has 5 heteroatoms. The van der Waals surface area contributed by atoms with E-state index < -0.39 is 0 Å². The number of amides is 1. The highest BCUT2D eigenvalue weighted by Crippen LogP contribution is 2.26. The van der Waals surface area contributed by atoms with Gasteiger partial charge in [0.1, 0.15) is 6.54 Å². The van der Waals surface area contributed by atoms with Gasteiger partial charge in [0.2, 0.25) is 5.91 Å².